The summed E-state index contributed by atoms with van der Waals surface area (Å²) in [5, 5.41) is 0. The van der Waals surface area contributed by atoms with Crippen LogP contribution in [0.3, 0.4) is 0 Å². The van der Waals surface area contributed by atoms with Gasteiger partial charge in [0.15, 0.2) is 0 Å². The van der Waals surface area contributed by atoms with Crippen LogP contribution in [0.4, 0.5) is 0 Å². The summed E-state index contributed by atoms with van der Waals surface area (Å²) in [5.74, 6) is 0. The van der Waals surface area contributed by atoms with E-state index in [9.17, 15) is 0 Å². The monoisotopic (exact) mass is 430 g/mol. The zero-order valence-corrected chi connectivity index (χ0v) is 18.6. The van der Waals surface area contributed by atoms with E-state index in [0.717, 1.165) is 0 Å². The Morgan fingerprint density at radius 3 is 1.00 bits per heavy atom. The summed E-state index contributed by atoms with van der Waals surface area (Å²) in [6.45, 7) is 0. The summed E-state index contributed by atoms with van der Waals surface area (Å²) in [6, 6.07) is 0. The molecule has 0 unspecified atom stereocenters. The van der Waals surface area contributed by atoms with Crippen LogP contribution in [0.5, 0.6) is 0 Å². The minimum absolute atomic E-state index is 0. The van der Waals surface area contributed by atoms with Gasteiger partial charge < -0.3 is 27.5 Å². The van der Waals surface area contributed by atoms with Gasteiger partial charge in [-0.3, -0.25) is 0 Å². The van der Waals surface area contributed by atoms with Crippen LogP contribution in [0, 0.1) is 0 Å². The van der Waals surface area contributed by atoms with E-state index in [1.54, 1.807) is 0 Å². The standard InChI is InChI=1S/Fe.K.Mn.Na.Nb.H4O4Si.H2O.Ti.2H/c;;;;;1-5(2,3)4;;;;/h;;;;;1-4H;1H2;;;/q;+1;;+1;;;;;2*-1. The molecule has 0 bridgehead atoms. The molecule has 0 aliphatic heterocycles. The fraction of sp³-hybridized carbons (Fsp3) is 0. The fourth-order valence-corrected chi connectivity index (χ4v) is 0. The molecule has 0 fully saturated rings. The smallest absolute Gasteiger partial charge is 1.00 e. The molecule has 0 aliphatic rings. The van der Waals surface area contributed by atoms with E-state index >= 15 is 0 Å². The summed E-state index contributed by atoms with van der Waals surface area (Å²) in [6.07, 6.45) is 0. The summed E-state index contributed by atoms with van der Waals surface area (Å²) in [4.78, 5) is 29.3. The van der Waals surface area contributed by atoms with Crippen molar-refractivity contribution in [1.82, 2.24) is 0 Å². The van der Waals surface area contributed by atoms with Gasteiger partial charge in [0, 0.05) is 78.2 Å². The summed E-state index contributed by atoms with van der Waals surface area (Å²) >= 11 is 0. The Hall–Kier alpha value is 5.15. The maximum atomic E-state index is 7.33. The van der Waals surface area contributed by atoms with Crippen molar-refractivity contribution in [2.45, 2.75) is 0 Å². The number of rotatable bonds is 0. The third-order valence-corrected chi connectivity index (χ3v) is 0. The molecule has 0 amide bonds. The first-order valence-electron chi connectivity index (χ1n) is 0.894. The molecule has 12 heteroatoms. The molecular formula is H8FeKMnNaNbO5SiTi. The molecule has 0 rings (SSSR count). The molecule has 0 atom stereocenters. The maximum Gasteiger partial charge on any atom is 1.00 e. The molecule has 0 saturated heterocycles. The maximum absolute atomic E-state index is 7.33. The fourth-order valence-electron chi connectivity index (χ4n) is 0. The molecule has 6 N–H and O–H groups in total. The van der Waals surface area contributed by atoms with Crippen LogP contribution in [0.25, 0.3) is 0 Å². The largest absolute Gasteiger partial charge is 1.00 e. The van der Waals surface area contributed by atoms with Gasteiger partial charge in [-0.25, -0.2) is 0 Å². The van der Waals surface area contributed by atoms with Crippen molar-refractivity contribution in [3.05, 3.63) is 0 Å². The van der Waals surface area contributed by atoms with Gasteiger partial charge in [-0.1, -0.05) is 0 Å². The molecule has 0 heterocycles. The van der Waals surface area contributed by atoms with Crippen molar-refractivity contribution in [2.75, 3.05) is 0 Å². The molecule has 0 aromatic heterocycles. The second-order valence-electron chi connectivity index (χ2n) is 0.600. The van der Waals surface area contributed by atoms with Gasteiger partial charge in [0.1, 0.15) is 0 Å². The van der Waals surface area contributed by atoms with Gasteiger partial charge in [0.25, 0.3) is 0 Å². The van der Waals surface area contributed by atoms with E-state index in [2.05, 4.69) is 0 Å². The Morgan fingerprint density at radius 1 is 1.00 bits per heavy atom. The average Bonchev–Trinajstić information content (AvgIpc) is 0.722. The Kier molecular flexibility index (Phi) is 133. The SMILES string of the molecule is O.O[Si](O)(O)O.[Fe].[H-].[H-].[K+].[Mn].[Na+].[Nb].[Ti]. The van der Waals surface area contributed by atoms with E-state index in [1.165, 1.54) is 0 Å². The number of hydrogen-bond acceptors (Lipinski definition) is 4. The van der Waals surface area contributed by atoms with Gasteiger partial charge in [0.2, 0.25) is 0 Å². The second-order valence-corrected chi connectivity index (χ2v) is 1.80. The summed E-state index contributed by atoms with van der Waals surface area (Å²) < 4.78 is 0. The quantitative estimate of drug-likeness (QED) is 0.286. The molecule has 0 aromatic carbocycles. The average molecular weight is 430 g/mol. The van der Waals surface area contributed by atoms with E-state index in [1.807, 2.05) is 0 Å². The Bertz CT molecular complexity index is 55.2. The van der Waals surface area contributed by atoms with Gasteiger partial charge >= 0.3 is 90.0 Å². The topological polar surface area (TPSA) is 112 Å². The van der Waals surface area contributed by atoms with E-state index in [-0.39, 0.29) is 168 Å². The summed E-state index contributed by atoms with van der Waals surface area (Å²) in [7, 11) is -4.61. The van der Waals surface area contributed by atoms with Crippen LogP contribution in [-0.2, 0) is 78.2 Å². The molecule has 0 aliphatic carbocycles. The second kappa shape index (κ2) is 29.8. The first-order valence-corrected chi connectivity index (χ1v) is 2.68. The van der Waals surface area contributed by atoms with E-state index in [4.69, 9.17) is 19.2 Å². The van der Waals surface area contributed by atoms with Crippen molar-refractivity contribution in [3.8, 4) is 0 Å². The Morgan fingerprint density at radius 2 is 1.00 bits per heavy atom. The van der Waals surface area contributed by atoms with Crippen LogP contribution in [0.1, 0.15) is 2.85 Å². The zero-order chi connectivity index (χ0) is 4.50. The van der Waals surface area contributed by atoms with Crippen LogP contribution in [0.2, 0.25) is 0 Å². The third kappa shape index (κ3) is 114. The van der Waals surface area contributed by atoms with Crippen LogP contribution >= 0.6 is 0 Å². The predicted octanol–water partition coefficient (Wildman–Crippen LogP) is -9.21. The van der Waals surface area contributed by atoms with Gasteiger partial charge in [-0.15, -0.1) is 0 Å². The van der Waals surface area contributed by atoms with Crippen molar-refractivity contribution < 1.29 is 187 Å². The first-order chi connectivity index (χ1) is 2.00. The minimum atomic E-state index is -4.61. The first kappa shape index (κ1) is 53.4. The van der Waals surface area contributed by atoms with Crippen molar-refractivity contribution in [2.24, 2.45) is 0 Å². The van der Waals surface area contributed by atoms with Crippen molar-refractivity contribution >= 4 is 9.05 Å². The van der Waals surface area contributed by atoms with Gasteiger partial charge in [-0.2, -0.15) is 0 Å². The number of hydrogen-bond donors (Lipinski definition) is 4. The van der Waals surface area contributed by atoms with Crippen molar-refractivity contribution in [1.29, 1.82) is 0 Å². The minimum Gasteiger partial charge on any atom is -1.00 e. The normalized spacial score (nSPS) is 5.00. The Balaban J connectivity index is -0.00000000222. The van der Waals surface area contributed by atoms with Gasteiger partial charge in [-0.05, 0) is 0 Å². The molecule has 5 nitrogen and oxygen atoms in total. The van der Waals surface area contributed by atoms with E-state index in [0.29, 0.717) is 0 Å². The van der Waals surface area contributed by atoms with Crippen LogP contribution in [0.15, 0.2) is 0 Å². The zero-order valence-electron chi connectivity index (χ0n) is 8.47. The molecule has 0 aromatic rings. The van der Waals surface area contributed by atoms with E-state index < -0.39 is 9.05 Å². The van der Waals surface area contributed by atoms with Crippen LogP contribution < -0.4 is 80.9 Å². The molecule has 2 radical (unpaired) electrons. The molecule has 12 heavy (non-hydrogen) atoms. The molecular weight excluding hydrogens is 422 g/mol. The predicted molar refractivity (Wildman–Crippen MR) is 20.5 cm³/mol. The summed E-state index contributed by atoms with van der Waals surface area (Å²) in [5.41, 5.74) is 0. The molecule has 68 valence electrons. The van der Waals surface area contributed by atoms with Crippen molar-refractivity contribution in [3.63, 3.8) is 0 Å². The van der Waals surface area contributed by atoms with Crippen LogP contribution in [-0.4, -0.2) is 33.7 Å². The third-order valence-electron chi connectivity index (χ3n) is 0. The molecule has 0 spiro atoms. The molecule has 0 saturated carbocycles. The van der Waals surface area contributed by atoms with Gasteiger partial charge in [0.05, 0.1) is 0 Å². The Labute approximate surface area is 191 Å².